The minimum atomic E-state index is -0.874. The summed E-state index contributed by atoms with van der Waals surface area (Å²) in [6.07, 6.45) is 5.27. The summed E-state index contributed by atoms with van der Waals surface area (Å²) in [5.74, 6) is -1.08. The number of nitrogens with one attached hydrogen (secondary N) is 2. The minimum Gasteiger partial charge on any atom is -0.481 e. The highest BCUT2D eigenvalue weighted by Crippen LogP contribution is 2.36. The Kier molecular flexibility index (Phi) is 4.42. The molecular formula is C14H21N3O3. The molecule has 110 valence electrons. The zero-order chi connectivity index (χ0) is 14.7. The second-order valence-electron chi connectivity index (χ2n) is 5.57. The molecule has 3 N–H and O–H groups in total. The van der Waals surface area contributed by atoms with Gasteiger partial charge in [-0.3, -0.25) is 9.59 Å². The van der Waals surface area contributed by atoms with Crippen LogP contribution in [-0.2, 0) is 9.59 Å². The van der Waals surface area contributed by atoms with Crippen LogP contribution in [0.3, 0.4) is 0 Å². The molecule has 1 amide bonds. The molecule has 4 unspecified atom stereocenters. The maximum atomic E-state index is 12.4. The van der Waals surface area contributed by atoms with E-state index < -0.39 is 17.8 Å². The van der Waals surface area contributed by atoms with Gasteiger partial charge in [-0.05, 0) is 25.2 Å². The number of amides is 1. The molecule has 1 aliphatic carbocycles. The standard InChI is InChI=1S/C14H21N3O3/c1-3-11(12-15-4-5-16-12)17-13(18)9-6-8(2)7-10(9)14(19)20/h4-5,8-11H,3,6-7H2,1-2H3,(H,15,16)(H,17,18)(H,19,20). The van der Waals surface area contributed by atoms with E-state index in [0.29, 0.717) is 25.1 Å². The molecule has 6 nitrogen and oxygen atoms in total. The average molecular weight is 279 g/mol. The molecule has 4 atom stereocenters. The Balaban J connectivity index is 2.05. The average Bonchev–Trinajstić information content (AvgIpc) is 3.04. The molecule has 6 heteroatoms. The highest BCUT2D eigenvalue weighted by molar-refractivity contribution is 5.85. The fraction of sp³-hybridized carbons (Fsp3) is 0.643. The van der Waals surface area contributed by atoms with E-state index in [-0.39, 0.29) is 17.9 Å². The van der Waals surface area contributed by atoms with Gasteiger partial charge >= 0.3 is 5.97 Å². The lowest BCUT2D eigenvalue weighted by Gasteiger charge is -2.20. The molecule has 1 fully saturated rings. The Morgan fingerprint density at radius 3 is 2.75 bits per heavy atom. The van der Waals surface area contributed by atoms with Gasteiger partial charge in [0.1, 0.15) is 5.82 Å². The van der Waals surface area contributed by atoms with Crippen molar-refractivity contribution >= 4 is 11.9 Å². The molecule has 0 aliphatic heterocycles. The molecule has 0 aromatic carbocycles. The van der Waals surface area contributed by atoms with E-state index in [9.17, 15) is 14.7 Å². The number of carbonyl (C=O) groups excluding carboxylic acids is 1. The van der Waals surface area contributed by atoms with Crippen molar-refractivity contribution in [1.29, 1.82) is 0 Å². The van der Waals surface area contributed by atoms with Crippen LogP contribution < -0.4 is 5.32 Å². The fourth-order valence-corrected chi connectivity index (χ4v) is 2.97. The van der Waals surface area contributed by atoms with Gasteiger partial charge in [-0.2, -0.15) is 0 Å². The van der Waals surface area contributed by atoms with Crippen LogP contribution in [0.1, 0.15) is 45.0 Å². The number of aromatic amines is 1. The molecule has 1 saturated carbocycles. The first-order chi connectivity index (χ1) is 9.52. The largest absolute Gasteiger partial charge is 0.481 e. The SMILES string of the molecule is CCC(NC(=O)C1CC(C)CC1C(=O)O)c1ncc[nH]1. The Bertz CT molecular complexity index is 472. The van der Waals surface area contributed by atoms with E-state index in [4.69, 9.17) is 0 Å². The van der Waals surface area contributed by atoms with Gasteiger partial charge in [-0.25, -0.2) is 4.98 Å². The molecule has 0 spiro atoms. The Labute approximate surface area is 118 Å². The first kappa shape index (κ1) is 14.6. The Morgan fingerprint density at radius 1 is 1.50 bits per heavy atom. The normalized spacial score (nSPS) is 27.2. The molecule has 1 aromatic heterocycles. The van der Waals surface area contributed by atoms with Crippen molar-refractivity contribution < 1.29 is 14.7 Å². The number of nitrogens with zero attached hydrogens (tertiary/aromatic N) is 1. The summed E-state index contributed by atoms with van der Waals surface area (Å²) in [6.45, 7) is 3.95. The van der Waals surface area contributed by atoms with Gasteiger partial charge in [-0.15, -0.1) is 0 Å². The number of rotatable bonds is 5. The third-order valence-electron chi connectivity index (χ3n) is 4.03. The number of carboxylic acids is 1. The Morgan fingerprint density at radius 2 is 2.20 bits per heavy atom. The summed E-state index contributed by atoms with van der Waals surface area (Å²) in [6, 6.07) is -0.192. The van der Waals surface area contributed by atoms with Crippen LogP contribution in [0.15, 0.2) is 12.4 Å². The summed E-state index contributed by atoms with van der Waals surface area (Å²) >= 11 is 0. The van der Waals surface area contributed by atoms with Gasteiger partial charge in [0, 0.05) is 12.4 Å². The summed E-state index contributed by atoms with van der Waals surface area (Å²) in [4.78, 5) is 30.7. The van der Waals surface area contributed by atoms with Gasteiger partial charge in [0.2, 0.25) is 5.91 Å². The number of carbonyl (C=O) groups is 2. The molecular weight excluding hydrogens is 258 g/mol. The predicted octanol–water partition coefficient (Wildman–Crippen LogP) is 1.72. The van der Waals surface area contributed by atoms with Crippen molar-refractivity contribution in [3.05, 3.63) is 18.2 Å². The third-order valence-corrected chi connectivity index (χ3v) is 4.03. The lowest BCUT2D eigenvalue weighted by molar-refractivity contribution is -0.146. The van der Waals surface area contributed by atoms with Crippen LogP contribution in [-0.4, -0.2) is 27.0 Å². The maximum Gasteiger partial charge on any atom is 0.307 e. The van der Waals surface area contributed by atoms with Gasteiger partial charge in [0.05, 0.1) is 17.9 Å². The summed E-state index contributed by atoms with van der Waals surface area (Å²) in [5.41, 5.74) is 0. The highest BCUT2D eigenvalue weighted by Gasteiger charge is 2.41. The van der Waals surface area contributed by atoms with E-state index >= 15 is 0 Å². The van der Waals surface area contributed by atoms with Crippen LogP contribution >= 0.6 is 0 Å². The van der Waals surface area contributed by atoms with Gasteiger partial charge in [0.15, 0.2) is 0 Å². The smallest absolute Gasteiger partial charge is 0.307 e. The second-order valence-corrected chi connectivity index (χ2v) is 5.57. The van der Waals surface area contributed by atoms with Crippen molar-refractivity contribution in [3.63, 3.8) is 0 Å². The topological polar surface area (TPSA) is 95.1 Å². The van der Waals surface area contributed by atoms with Gasteiger partial charge < -0.3 is 15.4 Å². The van der Waals surface area contributed by atoms with E-state index in [1.807, 2.05) is 13.8 Å². The fourth-order valence-electron chi connectivity index (χ4n) is 2.97. The molecule has 1 heterocycles. The first-order valence-corrected chi connectivity index (χ1v) is 7.05. The molecule has 20 heavy (non-hydrogen) atoms. The monoisotopic (exact) mass is 279 g/mol. The van der Waals surface area contributed by atoms with E-state index in [1.165, 1.54) is 0 Å². The molecule has 0 radical (unpaired) electrons. The lowest BCUT2D eigenvalue weighted by Crippen LogP contribution is -2.37. The van der Waals surface area contributed by atoms with Crippen molar-refractivity contribution in [2.75, 3.05) is 0 Å². The maximum absolute atomic E-state index is 12.4. The van der Waals surface area contributed by atoms with Crippen LogP contribution in [0, 0.1) is 17.8 Å². The zero-order valence-corrected chi connectivity index (χ0v) is 11.8. The summed E-state index contributed by atoms with van der Waals surface area (Å²) in [7, 11) is 0. The second kappa shape index (κ2) is 6.07. The number of imidazole rings is 1. The van der Waals surface area contributed by atoms with E-state index in [1.54, 1.807) is 12.4 Å². The van der Waals surface area contributed by atoms with E-state index in [2.05, 4.69) is 15.3 Å². The van der Waals surface area contributed by atoms with Crippen LogP contribution in [0.25, 0.3) is 0 Å². The number of hydrogen-bond donors (Lipinski definition) is 3. The van der Waals surface area contributed by atoms with Crippen LogP contribution in [0.5, 0.6) is 0 Å². The summed E-state index contributed by atoms with van der Waals surface area (Å²) < 4.78 is 0. The summed E-state index contributed by atoms with van der Waals surface area (Å²) in [5, 5.41) is 12.1. The van der Waals surface area contributed by atoms with Crippen molar-refractivity contribution in [3.8, 4) is 0 Å². The van der Waals surface area contributed by atoms with Crippen molar-refractivity contribution in [1.82, 2.24) is 15.3 Å². The third kappa shape index (κ3) is 3.00. The zero-order valence-electron chi connectivity index (χ0n) is 11.8. The molecule has 0 saturated heterocycles. The van der Waals surface area contributed by atoms with Crippen molar-refractivity contribution in [2.45, 2.75) is 39.2 Å². The molecule has 1 aliphatic rings. The first-order valence-electron chi connectivity index (χ1n) is 7.05. The molecule has 1 aromatic rings. The Hall–Kier alpha value is -1.85. The van der Waals surface area contributed by atoms with Crippen LogP contribution in [0.4, 0.5) is 0 Å². The van der Waals surface area contributed by atoms with Gasteiger partial charge in [-0.1, -0.05) is 13.8 Å². The number of aromatic nitrogens is 2. The predicted molar refractivity (Wildman–Crippen MR) is 72.8 cm³/mol. The minimum absolute atomic E-state index is 0.176. The quantitative estimate of drug-likeness (QED) is 0.764. The number of carboxylic acid groups (broad SMARTS) is 1. The number of aliphatic carboxylic acids is 1. The number of H-pyrrole nitrogens is 1. The molecule has 0 bridgehead atoms. The van der Waals surface area contributed by atoms with Gasteiger partial charge in [0.25, 0.3) is 0 Å². The molecule has 2 rings (SSSR count). The van der Waals surface area contributed by atoms with E-state index in [0.717, 1.165) is 0 Å². The highest BCUT2D eigenvalue weighted by atomic mass is 16.4. The van der Waals surface area contributed by atoms with Crippen LogP contribution in [0.2, 0.25) is 0 Å². The van der Waals surface area contributed by atoms with Crippen molar-refractivity contribution in [2.24, 2.45) is 17.8 Å². The lowest BCUT2D eigenvalue weighted by atomic mass is 9.95. The number of hydrogen-bond acceptors (Lipinski definition) is 3.